The van der Waals surface area contributed by atoms with Gasteiger partial charge in [-0.25, -0.2) is 15.0 Å². The molecule has 11 aromatic rings. The minimum atomic E-state index is 0.632. The second kappa shape index (κ2) is 12.6. The maximum absolute atomic E-state index is 5.14. The van der Waals surface area contributed by atoms with Crippen molar-refractivity contribution in [2.75, 3.05) is 0 Å². The molecule has 0 aliphatic carbocycles. The minimum absolute atomic E-state index is 0.632. The van der Waals surface area contributed by atoms with E-state index in [0.29, 0.717) is 17.5 Å². The number of aromatic nitrogens is 4. The number of benzene rings is 8. The SMILES string of the molecule is c1ccc(-c2ccc(-c3nc(-c4cccc(-c5ccccc5)c4)nc(-c4cccc(-c5ccc6c(c5)c5cccc7c8ccccc8n6c75)c4)n3)cc2)cc1. The van der Waals surface area contributed by atoms with Crippen molar-refractivity contribution in [1.82, 2.24) is 19.4 Å². The van der Waals surface area contributed by atoms with Crippen LogP contribution in [0.25, 0.3) is 106 Å². The molecular weight excluding hydrogens is 669 g/mol. The summed E-state index contributed by atoms with van der Waals surface area (Å²) < 4.78 is 2.42. The van der Waals surface area contributed by atoms with E-state index in [1.54, 1.807) is 0 Å². The van der Waals surface area contributed by atoms with Gasteiger partial charge in [0.2, 0.25) is 0 Å². The summed E-state index contributed by atoms with van der Waals surface area (Å²) in [7, 11) is 0. The van der Waals surface area contributed by atoms with Crippen molar-refractivity contribution in [1.29, 1.82) is 0 Å². The van der Waals surface area contributed by atoms with Gasteiger partial charge >= 0.3 is 0 Å². The van der Waals surface area contributed by atoms with Gasteiger partial charge in [-0.15, -0.1) is 0 Å². The molecule has 3 aromatic heterocycles. The van der Waals surface area contributed by atoms with E-state index in [-0.39, 0.29) is 0 Å². The fourth-order valence-corrected chi connectivity index (χ4v) is 8.12. The Morgan fingerprint density at radius 2 is 0.655 bits per heavy atom. The lowest BCUT2D eigenvalue weighted by Crippen LogP contribution is -2.00. The van der Waals surface area contributed by atoms with Crippen molar-refractivity contribution in [2.24, 2.45) is 0 Å². The van der Waals surface area contributed by atoms with Gasteiger partial charge in [0.15, 0.2) is 17.5 Å². The lowest BCUT2D eigenvalue weighted by molar-refractivity contribution is 1.07. The first-order valence-corrected chi connectivity index (χ1v) is 18.6. The first-order chi connectivity index (χ1) is 27.2. The predicted molar refractivity (Wildman–Crippen MR) is 227 cm³/mol. The van der Waals surface area contributed by atoms with Crippen molar-refractivity contribution >= 4 is 38.1 Å². The normalized spacial score (nSPS) is 11.6. The maximum Gasteiger partial charge on any atom is 0.164 e. The highest BCUT2D eigenvalue weighted by atomic mass is 15.0. The Hall–Kier alpha value is -7.43. The van der Waals surface area contributed by atoms with Crippen LogP contribution >= 0.6 is 0 Å². The summed E-state index contributed by atoms with van der Waals surface area (Å²) in [5, 5.41) is 5.09. The molecule has 0 bridgehead atoms. The van der Waals surface area contributed by atoms with Crippen LogP contribution in [0.15, 0.2) is 194 Å². The molecule has 8 aromatic carbocycles. The Labute approximate surface area is 318 Å². The molecular formula is C51H32N4. The van der Waals surface area contributed by atoms with Crippen LogP contribution < -0.4 is 0 Å². The summed E-state index contributed by atoms with van der Waals surface area (Å²) in [6.45, 7) is 0. The number of rotatable bonds is 6. The minimum Gasteiger partial charge on any atom is -0.308 e. The second-order valence-corrected chi connectivity index (χ2v) is 14.1. The molecule has 11 rings (SSSR count). The summed E-state index contributed by atoms with van der Waals surface area (Å²) in [6.07, 6.45) is 0. The van der Waals surface area contributed by atoms with E-state index in [1.807, 2.05) is 12.1 Å². The van der Waals surface area contributed by atoms with Crippen LogP contribution in [0.5, 0.6) is 0 Å². The van der Waals surface area contributed by atoms with Gasteiger partial charge < -0.3 is 4.40 Å². The van der Waals surface area contributed by atoms with Crippen molar-refractivity contribution in [3.8, 4) is 67.5 Å². The number of nitrogens with zero attached hydrogens (tertiary/aromatic N) is 4. The highest BCUT2D eigenvalue weighted by Gasteiger charge is 2.18. The molecule has 0 spiro atoms. The van der Waals surface area contributed by atoms with Crippen LogP contribution in [-0.2, 0) is 0 Å². The van der Waals surface area contributed by atoms with E-state index in [1.165, 1.54) is 43.7 Å². The van der Waals surface area contributed by atoms with Gasteiger partial charge in [-0.1, -0.05) is 164 Å². The van der Waals surface area contributed by atoms with Crippen LogP contribution in [0.2, 0.25) is 0 Å². The van der Waals surface area contributed by atoms with E-state index in [9.17, 15) is 0 Å². The smallest absolute Gasteiger partial charge is 0.164 e. The van der Waals surface area contributed by atoms with Gasteiger partial charge in [-0.3, -0.25) is 0 Å². The summed E-state index contributed by atoms with van der Waals surface area (Å²) in [5.41, 5.74) is 13.4. The Morgan fingerprint density at radius 1 is 0.255 bits per heavy atom. The highest BCUT2D eigenvalue weighted by molar-refractivity contribution is 6.23. The zero-order valence-electron chi connectivity index (χ0n) is 29.8. The molecule has 0 radical (unpaired) electrons. The first kappa shape index (κ1) is 31.1. The average Bonchev–Trinajstić information content (AvgIpc) is 3.79. The number of fused-ring (bicyclic) bond motifs is 6. The Kier molecular flexibility index (Phi) is 7.14. The third kappa shape index (κ3) is 5.26. The lowest BCUT2D eigenvalue weighted by atomic mass is 10.00. The molecule has 256 valence electrons. The second-order valence-electron chi connectivity index (χ2n) is 14.1. The summed E-state index contributed by atoms with van der Waals surface area (Å²) >= 11 is 0. The van der Waals surface area contributed by atoms with Gasteiger partial charge in [0.25, 0.3) is 0 Å². The van der Waals surface area contributed by atoms with Crippen LogP contribution in [-0.4, -0.2) is 19.4 Å². The fourth-order valence-electron chi connectivity index (χ4n) is 8.12. The number of hydrogen-bond acceptors (Lipinski definition) is 3. The topological polar surface area (TPSA) is 43.1 Å². The average molecular weight is 701 g/mol. The van der Waals surface area contributed by atoms with E-state index in [0.717, 1.165) is 44.5 Å². The molecule has 0 fully saturated rings. The standard InChI is InChI=1S/C51H32N4/c1-3-12-33(13-4-1)35-24-26-36(27-25-35)49-52-50(40-18-9-16-37(30-40)34-14-5-2-6-15-34)54-51(53-49)41-19-10-17-38(31-41)39-28-29-47-45(32-39)44-22-11-21-43-42-20-7-8-23-46(42)55(47)48(43)44/h1-32H. The first-order valence-electron chi connectivity index (χ1n) is 18.6. The van der Waals surface area contributed by atoms with E-state index < -0.39 is 0 Å². The summed E-state index contributed by atoms with van der Waals surface area (Å²) in [6, 6.07) is 68.5. The van der Waals surface area contributed by atoms with Gasteiger partial charge in [0, 0.05) is 38.2 Å². The molecule has 0 atom stereocenters. The summed E-state index contributed by atoms with van der Waals surface area (Å²) in [5.74, 6) is 1.90. The molecule has 0 saturated heterocycles. The predicted octanol–water partition coefficient (Wildman–Crippen LogP) is 13.0. The Balaban J connectivity index is 1.04. The van der Waals surface area contributed by atoms with E-state index in [4.69, 9.17) is 15.0 Å². The number of para-hydroxylation sites is 2. The monoisotopic (exact) mass is 700 g/mol. The van der Waals surface area contributed by atoms with Gasteiger partial charge in [-0.05, 0) is 63.7 Å². The van der Waals surface area contributed by atoms with Crippen molar-refractivity contribution in [3.63, 3.8) is 0 Å². The molecule has 0 aliphatic rings. The van der Waals surface area contributed by atoms with Crippen LogP contribution in [0.3, 0.4) is 0 Å². The molecule has 0 saturated carbocycles. The molecule has 4 heteroatoms. The molecule has 0 N–H and O–H groups in total. The molecule has 0 amide bonds. The van der Waals surface area contributed by atoms with Crippen molar-refractivity contribution < 1.29 is 0 Å². The maximum atomic E-state index is 5.14. The highest BCUT2D eigenvalue weighted by Crippen LogP contribution is 2.40. The molecule has 4 nitrogen and oxygen atoms in total. The Bertz CT molecular complexity index is 3180. The van der Waals surface area contributed by atoms with Crippen LogP contribution in [0.4, 0.5) is 0 Å². The van der Waals surface area contributed by atoms with Gasteiger partial charge in [-0.2, -0.15) is 0 Å². The van der Waals surface area contributed by atoms with Gasteiger partial charge in [0.1, 0.15) is 0 Å². The van der Waals surface area contributed by atoms with Crippen molar-refractivity contribution in [2.45, 2.75) is 0 Å². The molecule has 0 aliphatic heterocycles. The van der Waals surface area contributed by atoms with Crippen LogP contribution in [0, 0.1) is 0 Å². The molecule has 55 heavy (non-hydrogen) atoms. The zero-order chi connectivity index (χ0) is 36.3. The largest absolute Gasteiger partial charge is 0.308 e. The number of hydrogen-bond donors (Lipinski definition) is 0. The Morgan fingerprint density at radius 3 is 1.33 bits per heavy atom. The van der Waals surface area contributed by atoms with Gasteiger partial charge in [0.05, 0.1) is 16.6 Å². The third-order valence-corrected chi connectivity index (χ3v) is 10.8. The quantitative estimate of drug-likeness (QED) is 0.173. The fraction of sp³-hybridized carbons (Fsp3) is 0. The van der Waals surface area contributed by atoms with E-state index >= 15 is 0 Å². The van der Waals surface area contributed by atoms with Crippen molar-refractivity contribution in [3.05, 3.63) is 194 Å². The molecule has 0 unspecified atom stereocenters. The lowest BCUT2D eigenvalue weighted by Gasteiger charge is -2.11. The molecule has 3 heterocycles. The zero-order valence-corrected chi connectivity index (χ0v) is 29.8. The third-order valence-electron chi connectivity index (χ3n) is 10.8. The van der Waals surface area contributed by atoms with E-state index in [2.05, 4.69) is 186 Å². The summed E-state index contributed by atoms with van der Waals surface area (Å²) in [4.78, 5) is 15.4. The van der Waals surface area contributed by atoms with Crippen LogP contribution in [0.1, 0.15) is 0 Å².